The van der Waals surface area contributed by atoms with Gasteiger partial charge < -0.3 is 39.9 Å². The zero-order valence-electron chi connectivity index (χ0n) is 31.2. The number of aromatic amines is 2. The molecule has 4 amide bonds. The van der Waals surface area contributed by atoms with E-state index < -0.39 is 24.3 Å². The fraction of sp³-hybridized carbons (Fsp3) is 0.366. The molecule has 4 atom stereocenters. The third-order valence-electron chi connectivity index (χ3n) is 9.78. The molecule has 2 aliphatic rings. The summed E-state index contributed by atoms with van der Waals surface area (Å²) in [5, 5.41) is 5.35. The van der Waals surface area contributed by atoms with E-state index in [9.17, 15) is 19.2 Å². The van der Waals surface area contributed by atoms with Gasteiger partial charge in [0.2, 0.25) is 5.91 Å². The Hall–Kier alpha value is -6.54. The molecule has 2 aromatic carbocycles. The van der Waals surface area contributed by atoms with E-state index in [-0.39, 0.29) is 29.8 Å². The molecule has 55 heavy (non-hydrogen) atoms. The molecule has 4 aromatic rings. The predicted molar refractivity (Wildman–Crippen MR) is 203 cm³/mol. The van der Waals surface area contributed by atoms with E-state index in [1.165, 1.54) is 14.2 Å². The number of aromatic nitrogens is 4. The van der Waals surface area contributed by atoms with Crippen molar-refractivity contribution in [2.75, 3.05) is 27.3 Å². The summed E-state index contributed by atoms with van der Waals surface area (Å²) in [6.45, 7) is 4.86. The van der Waals surface area contributed by atoms with Crippen LogP contribution in [0, 0.1) is 29.6 Å². The quantitative estimate of drug-likeness (QED) is 0.173. The van der Waals surface area contributed by atoms with E-state index in [0.717, 1.165) is 42.5 Å². The Kier molecular flexibility index (Phi) is 12.2. The number of likely N-dealkylation sites (tertiary alicyclic amines) is 2. The van der Waals surface area contributed by atoms with E-state index >= 15 is 0 Å². The van der Waals surface area contributed by atoms with Crippen LogP contribution in [0.15, 0.2) is 67.0 Å². The molecule has 14 heteroatoms. The van der Waals surface area contributed by atoms with E-state index in [4.69, 9.17) is 9.47 Å². The summed E-state index contributed by atoms with van der Waals surface area (Å²) < 4.78 is 9.52. The molecule has 1 unspecified atom stereocenters. The summed E-state index contributed by atoms with van der Waals surface area (Å²) in [5.74, 6) is 12.6. The van der Waals surface area contributed by atoms with Gasteiger partial charge in [-0.3, -0.25) is 9.59 Å². The fourth-order valence-corrected chi connectivity index (χ4v) is 6.94. The van der Waals surface area contributed by atoms with Gasteiger partial charge in [-0.25, -0.2) is 19.6 Å². The number of hydrogen-bond donors (Lipinski definition) is 4. The summed E-state index contributed by atoms with van der Waals surface area (Å²) in [7, 11) is 2.54. The van der Waals surface area contributed by atoms with Gasteiger partial charge in [-0.05, 0) is 72.6 Å². The van der Waals surface area contributed by atoms with Gasteiger partial charge in [0.05, 0.1) is 44.4 Å². The minimum Gasteiger partial charge on any atom is -0.453 e. The minimum absolute atomic E-state index is 0.121. The van der Waals surface area contributed by atoms with Crippen molar-refractivity contribution in [1.29, 1.82) is 0 Å². The lowest BCUT2D eigenvalue weighted by molar-refractivity contribution is -0.135. The fourth-order valence-electron chi connectivity index (χ4n) is 6.94. The predicted octanol–water partition coefficient (Wildman–Crippen LogP) is 5.01. The summed E-state index contributed by atoms with van der Waals surface area (Å²) in [6.07, 6.45) is 5.17. The first-order chi connectivity index (χ1) is 26.7. The number of nitrogens with one attached hydrogen (secondary N) is 4. The number of rotatable bonds is 9. The number of alkyl carbamates (subject to hydrolysis) is 2. The first kappa shape index (κ1) is 38.2. The number of nitrogens with zero attached hydrogens (tertiary/aromatic N) is 4. The summed E-state index contributed by atoms with van der Waals surface area (Å²) >= 11 is 0. The minimum atomic E-state index is -0.888. The number of imidazole rings is 2. The molecule has 6 rings (SSSR count). The third kappa shape index (κ3) is 8.99. The smallest absolute Gasteiger partial charge is 0.407 e. The number of amides is 4. The SMILES string of the molecule is COC(=O)NC(C(=O)N1CCC[C@H]1c1ncc(-c2ccc(C#CC#Cc3cnc([C@@H]4CCCN4C(=O)[C@@H](NC(=O)OC)C(C)C)[nH]3)cc2)[nH]1)c1ccccc1. The van der Waals surface area contributed by atoms with E-state index in [2.05, 4.69) is 54.3 Å². The normalized spacial score (nSPS) is 17.3. The molecule has 2 aliphatic heterocycles. The van der Waals surface area contributed by atoms with Crippen molar-refractivity contribution in [1.82, 2.24) is 40.4 Å². The molecule has 0 bridgehead atoms. The van der Waals surface area contributed by atoms with Crippen LogP contribution in [0.3, 0.4) is 0 Å². The van der Waals surface area contributed by atoms with Crippen LogP contribution in [0.1, 0.15) is 86.1 Å². The van der Waals surface area contributed by atoms with Gasteiger partial charge in [-0.2, -0.15) is 0 Å². The number of benzene rings is 2. The maximum atomic E-state index is 13.8. The van der Waals surface area contributed by atoms with Crippen LogP contribution in [-0.4, -0.2) is 87.1 Å². The Labute approximate surface area is 319 Å². The van der Waals surface area contributed by atoms with Crippen LogP contribution >= 0.6 is 0 Å². The highest BCUT2D eigenvalue weighted by atomic mass is 16.5. The second-order valence-electron chi connectivity index (χ2n) is 13.7. The van der Waals surface area contributed by atoms with E-state index in [1.54, 1.807) is 34.3 Å². The number of carbonyl (C=O) groups is 4. The summed E-state index contributed by atoms with van der Waals surface area (Å²) in [5.41, 5.74) is 3.74. The van der Waals surface area contributed by atoms with Gasteiger partial charge >= 0.3 is 12.2 Å². The molecule has 2 fully saturated rings. The average molecular weight is 745 g/mol. The highest BCUT2D eigenvalue weighted by Crippen LogP contribution is 2.34. The van der Waals surface area contributed by atoms with Crippen LogP contribution in [0.5, 0.6) is 0 Å². The summed E-state index contributed by atoms with van der Waals surface area (Å²) in [4.78, 5) is 70.5. The molecule has 284 valence electrons. The lowest BCUT2D eigenvalue weighted by Crippen LogP contribution is -2.51. The standard InChI is InChI=1S/C41H44N8O6/c1-26(2)34(46-40(52)54-3)38(50)48-22-10-16-32(48)36-42-24-30(44-36)15-9-8-12-27-18-20-28(21-19-27)31-25-43-37(45-31)33-17-11-23-49(33)39(51)35(47-41(53)55-4)29-13-6-5-7-14-29/h5-7,13-14,18-21,24-26,32-35H,10-11,16-17,22-23H2,1-4H3,(H,42,44)(H,43,45)(H,46,52)(H,47,53)/t32-,33-,34-,35?/m0/s1. The molecule has 2 aromatic heterocycles. The number of hydrogen-bond acceptors (Lipinski definition) is 8. The summed E-state index contributed by atoms with van der Waals surface area (Å²) in [6, 6.07) is 14.7. The first-order valence-electron chi connectivity index (χ1n) is 18.2. The van der Waals surface area contributed by atoms with E-state index in [0.29, 0.717) is 36.0 Å². The van der Waals surface area contributed by atoms with Gasteiger partial charge in [0.15, 0.2) is 0 Å². The number of H-pyrrole nitrogens is 2. The number of ether oxygens (including phenoxy) is 2. The topological polar surface area (TPSA) is 175 Å². The highest BCUT2D eigenvalue weighted by Gasteiger charge is 2.38. The highest BCUT2D eigenvalue weighted by molar-refractivity contribution is 5.88. The molecule has 0 saturated carbocycles. The van der Waals surface area contributed by atoms with Crippen molar-refractivity contribution >= 4 is 24.0 Å². The van der Waals surface area contributed by atoms with Crippen molar-refractivity contribution in [3.8, 4) is 34.9 Å². The van der Waals surface area contributed by atoms with Gasteiger partial charge in [-0.15, -0.1) is 0 Å². The zero-order chi connectivity index (χ0) is 38.9. The maximum Gasteiger partial charge on any atom is 0.407 e. The molecule has 14 nitrogen and oxygen atoms in total. The van der Waals surface area contributed by atoms with Crippen molar-refractivity contribution in [3.63, 3.8) is 0 Å². The van der Waals surface area contributed by atoms with Crippen LogP contribution < -0.4 is 10.6 Å². The van der Waals surface area contributed by atoms with Gasteiger partial charge in [0.25, 0.3) is 5.91 Å². The van der Waals surface area contributed by atoms with Crippen molar-refractivity contribution in [2.24, 2.45) is 5.92 Å². The van der Waals surface area contributed by atoms with Crippen LogP contribution in [0.4, 0.5) is 9.59 Å². The second kappa shape index (κ2) is 17.5. The van der Waals surface area contributed by atoms with Gasteiger partial charge in [0, 0.05) is 18.7 Å². The third-order valence-corrected chi connectivity index (χ3v) is 9.78. The second-order valence-corrected chi connectivity index (χ2v) is 13.7. The average Bonchev–Trinajstić information content (AvgIpc) is 4.04. The largest absolute Gasteiger partial charge is 0.453 e. The Balaban J connectivity index is 1.08. The number of methoxy groups -OCH3 is 2. The van der Waals surface area contributed by atoms with Crippen molar-refractivity contribution in [3.05, 3.63) is 95.5 Å². The molecule has 0 radical (unpaired) electrons. The van der Waals surface area contributed by atoms with Crippen LogP contribution in [0.2, 0.25) is 0 Å². The molecule has 4 N–H and O–H groups in total. The number of carbonyl (C=O) groups excluding carboxylic acids is 4. The van der Waals surface area contributed by atoms with Crippen molar-refractivity contribution < 1.29 is 28.7 Å². The van der Waals surface area contributed by atoms with Crippen molar-refractivity contribution in [2.45, 2.75) is 63.7 Å². The molecule has 0 aliphatic carbocycles. The van der Waals surface area contributed by atoms with E-state index in [1.807, 2.05) is 56.3 Å². The van der Waals surface area contributed by atoms with Crippen LogP contribution in [0.25, 0.3) is 11.3 Å². The molecular formula is C41H44N8O6. The zero-order valence-corrected chi connectivity index (χ0v) is 31.2. The monoisotopic (exact) mass is 744 g/mol. The van der Waals surface area contributed by atoms with Crippen LogP contribution in [-0.2, 0) is 19.1 Å². The Bertz CT molecular complexity index is 2120. The molecular weight excluding hydrogens is 701 g/mol. The Morgan fingerprint density at radius 1 is 0.764 bits per heavy atom. The molecule has 0 spiro atoms. The first-order valence-corrected chi connectivity index (χ1v) is 18.2. The van der Waals surface area contributed by atoms with Gasteiger partial charge in [0.1, 0.15) is 29.4 Å². The Morgan fingerprint density at radius 2 is 1.36 bits per heavy atom. The lowest BCUT2D eigenvalue weighted by atomic mass is 10.0. The van der Waals surface area contributed by atoms with Gasteiger partial charge in [-0.1, -0.05) is 62.2 Å². The lowest BCUT2D eigenvalue weighted by Gasteiger charge is -2.29. The Morgan fingerprint density at radius 3 is 2.02 bits per heavy atom. The molecule has 4 heterocycles. The molecule has 2 saturated heterocycles. The maximum absolute atomic E-state index is 13.8.